The summed E-state index contributed by atoms with van der Waals surface area (Å²) in [4.78, 5) is 14.0. The fourth-order valence-corrected chi connectivity index (χ4v) is 2.18. The van der Waals surface area contributed by atoms with E-state index in [9.17, 15) is 4.79 Å². The normalized spacial score (nSPS) is 27.6. The molecule has 2 aliphatic rings. The summed E-state index contributed by atoms with van der Waals surface area (Å²) in [7, 11) is 0. The van der Waals surface area contributed by atoms with E-state index in [0.29, 0.717) is 13.2 Å². The highest BCUT2D eigenvalue weighted by Gasteiger charge is 2.19. The van der Waals surface area contributed by atoms with Crippen molar-refractivity contribution in [3.8, 4) is 0 Å². The zero-order chi connectivity index (χ0) is 11.2. The summed E-state index contributed by atoms with van der Waals surface area (Å²) < 4.78 is 5.23. The Morgan fingerprint density at radius 1 is 1.44 bits per heavy atom. The molecule has 0 aromatic rings. The SMILES string of the molecule is O=C(CN1CCCNCC1)NC1CCOC1. The number of hydrogen-bond donors (Lipinski definition) is 2. The Hall–Kier alpha value is -0.650. The molecule has 0 aliphatic carbocycles. The predicted octanol–water partition coefficient (Wildman–Crippen LogP) is -0.813. The maximum Gasteiger partial charge on any atom is 0.234 e. The van der Waals surface area contributed by atoms with Gasteiger partial charge in [-0.25, -0.2) is 0 Å². The molecule has 0 radical (unpaired) electrons. The molecule has 1 unspecified atom stereocenters. The van der Waals surface area contributed by atoms with Crippen molar-refractivity contribution in [1.29, 1.82) is 0 Å². The van der Waals surface area contributed by atoms with E-state index in [2.05, 4.69) is 15.5 Å². The molecule has 0 saturated carbocycles. The third kappa shape index (κ3) is 3.73. The second kappa shape index (κ2) is 6.18. The van der Waals surface area contributed by atoms with Gasteiger partial charge in [-0.15, -0.1) is 0 Å². The maximum atomic E-state index is 11.8. The second-order valence-electron chi connectivity index (χ2n) is 4.51. The molecule has 5 nitrogen and oxygen atoms in total. The van der Waals surface area contributed by atoms with Gasteiger partial charge in [0, 0.05) is 19.7 Å². The van der Waals surface area contributed by atoms with E-state index < -0.39 is 0 Å². The van der Waals surface area contributed by atoms with Gasteiger partial charge in [0.1, 0.15) is 0 Å². The summed E-state index contributed by atoms with van der Waals surface area (Å²) in [6, 6.07) is 0.234. The smallest absolute Gasteiger partial charge is 0.234 e. The summed E-state index contributed by atoms with van der Waals surface area (Å²) in [5.41, 5.74) is 0. The minimum absolute atomic E-state index is 0.136. The average Bonchev–Trinajstić information content (AvgIpc) is 2.62. The third-order valence-electron chi connectivity index (χ3n) is 3.09. The van der Waals surface area contributed by atoms with Crippen molar-refractivity contribution in [2.24, 2.45) is 0 Å². The number of carbonyl (C=O) groups is 1. The lowest BCUT2D eigenvalue weighted by molar-refractivity contribution is -0.122. The Balaban J connectivity index is 1.68. The molecule has 2 fully saturated rings. The summed E-state index contributed by atoms with van der Waals surface area (Å²) in [5.74, 6) is 0.136. The van der Waals surface area contributed by atoms with Gasteiger partial charge in [-0.2, -0.15) is 0 Å². The lowest BCUT2D eigenvalue weighted by Gasteiger charge is -2.20. The minimum Gasteiger partial charge on any atom is -0.379 e. The van der Waals surface area contributed by atoms with Crippen LogP contribution in [0.3, 0.4) is 0 Å². The van der Waals surface area contributed by atoms with Gasteiger partial charge in [-0.05, 0) is 25.9 Å². The number of amides is 1. The number of nitrogens with one attached hydrogen (secondary N) is 2. The van der Waals surface area contributed by atoms with Gasteiger partial charge in [0.2, 0.25) is 5.91 Å². The first-order chi connectivity index (χ1) is 7.84. The Bertz CT molecular complexity index is 221. The van der Waals surface area contributed by atoms with E-state index in [1.807, 2.05) is 0 Å². The van der Waals surface area contributed by atoms with E-state index in [1.165, 1.54) is 0 Å². The molecule has 2 saturated heterocycles. The van der Waals surface area contributed by atoms with Gasteiger partial charge in [-0.3, -0.25) is 9.69 Å². The molecule has 92 valence electrons. The molecule has 5 heteroatoms. The van der Waals surface area contributed by atoms with E-state index in [4.69, 9.17) is 4.74 Å². The first-order valence-corrected chi connectivity index (χ1v) is 6.15. The molecule has 2 rings (SSSR count). The highest BCUT2D eigenvalue weighted by Crippen LogP contribution is 2.03. The number of ether oxygens (including phenoxy) is 1. The average molecular weight is 227 g/mol. The zero-order valence-electron chi connectivity index (χ0n) is 9.71. The van der Waals surface area contributed by atoms with Gasteiger partial charge >= 0.3 is 0 Å². The summed E-state index contributed by atoms with van der Waals surface area (Å²) in [6.07, 6.45) is 2.08. The summed E-state index contributed by atoms with van der Waals surface area (Å²) in [6.45, 7) is 6.01. The van der Waals surface area contributed by atoms with E-state index >= 15 is 0 Å². The minimum atomic E-state index is 0.136. The van der Waals surface area contributed by atoms with Gasteiger partial charge in [0.25, 0.3) is 0 Å². The Kier molecular flexibility index (Phi) is 4.56. The number of nitrogens with zero attached hydrogens (tertiary/aromatic N) is 1. The van der Waals surface area contributed by atoms with Crippen molar-refractivity contribution in [2.75, 3.05) is 45.9 Å². The molecular weight excluding hydrogens is 206 g/mol. The molecule has 0 spiro atoms. The van der Waals surface area contributed by atoms with E-state index in [0.717, 1.165) is 45.6 Å². The highest BCUT2D eigenvalue weighted by molar-refractivity contribution is 5.78. The van der Waals surface area contributed by atoms with Crippen molar-refractivity contribution in [2.45, 2.75) is 18.9 Å². The Labute approximate surface area is 96.5 Å². The first kappa shape index (κ1) is 11.8. The van der Waals surface area contributed by atoms with Crippen LogP contribution in [0.4, 0.5) is 0 Å². The molecule has 16 heavy (non-hydrogen) atoms. The van der Waals surface area contributed by atoms with Crippen LogP contribution in [0.2, 0.25) is 0 Å². The summed E-state index contributed by atoms with van der Waals surface area (Å²) in [5, 5.41) is 6.35. The van der Waals surface area contributed by atoms with Crippen molar-refractivity contribution >= 4 is 5.91 Å². The van der Waals surface area contributed by atoms with Gasteiger partial charge in [-0.1, -0.05) is 0 Å². The highest BCUT2D eigenvalue weighted by atomic mass is 16.5. The Morgan fingerprint density at radius 3 is 3.19 bits per heavy atom. The molecule has 1 atom stereocenters. The van der Waals surface area contributed by atoms with Gasteiger partial charge in [0.15, 0.2) is 0 Å². The van der Waals surface area contributed by atoms with E-state index in [-0.39, 0.29) is 11.9 Å². The van der Waals surface area contributed by atoms with Crippen molar-refractivity contribution in [1.82, 2.24) is 15.5 Å². The van der Waals surface area contributed by atoms with Crippen LogP contribution in [-0.2, 0) is 9.53 Å². The van der Waals surface area contributed by atoms with Crippen LogP contribution in [0.25, 0.3) is 0 Å². The summed E-state index contributed by atoms with van der Waals surface area (Å²) >= 11 is 0. The Morgan fingerprint density at radius 2 is 2.38 bits per heavy atom. The van der Waals surface area contributed by atoms with Crippen molar-refractivity contribution < 1.29 is 9.53 Å². The maximum absolute atomic E-state index is 11.8. The fraction of sp³-hybridized carbons (Fsp3) is 0.909. The van der Waals surface area contributed by atoms with Crippen LogP contribution >= 0.6 is 0 Å². The molecule has 0 aromatic heterocycles. The number of hydrogen-bond acceptors (Lipinski definition) is 4. The standard InChI is InChI=1S/C11H21N3O2/c15-11(13-10-2-7-16-9-10)8-14-5-1-3-12-4-6-14/h10,12H,1-9H2,(H,13,15). The fourth-order valence-electron chi connectivity index (χ4n) is 2.18. The van der Waals surface area contributed by atoms with Crippen LogP contribution in [0.1, 0.15) is 12.8 Å². The second-order valence-corrected chi connectivity index (χ2v) is 4.51. The van der Waals surface area contributed by atoms with Crippen LogP contribution in [0, 0.1) is 0 Å². The monoisotopic (exact) mass is 227 g/mol. The molecule has 1 amide bonds. The van der Waals surface area contributed by atoms with Gasteiger partial charge < -0.3 is 15.4 Å². The van der Waals surface area contributed by atoms with Crippen molar-refractivity contribution in [3.05, 3.63) is 0 Å². The number of carbonyl (C=O) groups excluding carboxylic acids is 1. The predicted molar refractivity (Wildman–Crippen MR) is 61.3 cm³/mol. The molecule has 2 heterocycles. The lowest BCUT2D eigenvalue weighted by atomic mass is 10.2. The quantitative estimate of drug-likeness (QED) is 0.662. The molecule has 2 N–H and O–H groups in total. The molecular formula is C11H21N3O2. The topological polar surface area (TPSA) is 53.6 Å². The van der Waals surface area contributed by atoms with E-state index in [1.54, 1.807) is 0 Å². The first-order valence-electron chi connectivity index (χ1n) is 6.15. The molecule has 0 aromatic carbocycles. The third-order valence-corrected chi connectivity index (χ3v) is 3.09. The van der Waals surface area contributed by atoms with Gasteiger partial charge in [0.05, 0.1) is 19.2 Å². The van der Waals surface area contributed by atoms with Crippen LogP contribution < -0.4 is 10.6 Å². The molecule has 2 aliphatic heterocycles. The zero-order valence-corrected chi connectivity index (χ0v) is 9.71. The lowest BCUT2D eigenvalue weighted by Crippen LogP contribution is -2.43. The van der Waals surface area contributed by atoms with Crippen LogP contribution in [-0.4, -0.2) is 62.8 Å². The van der Waals surface area contributed by atoms with Crippen LogP contribution in [0.5, 0.6) is 0 Å². The largest absolute Gasteiger partial charge is 0.379 e. The molecule has 0 bridgehead atoms. The number of rotatable bonds is 3. The van der Waals surface area contributed by atoms with Crippen LogP contribution in [0.15, 0.2) is 0 Å². The van der Waals surface area contributed by atoms with Crippen molar-refractivity contribution in [3.63, 3.8) is 0 Å².